The molecule has 0 aromatic heterocycles. The van der Waals surface area contributed by atoms with Crippen molar-refractivity contribution in [1.82, 2.24) is 4.90 Å². The summed E-state index contributed by atoms with van der Waals surface area (Å²) in [5, 5.41) is 0. The summed E-state index contributed by atoms with van der Waals surface area (Å²) >= 11 is 0. The zero-order valence-corrected chi connectivity index (χ0v) is 14.5. The molecule has 3 aromatic carbocycles. The van der Waals surface area contributed by atoms with Crippen molar-refractivity contribution in [2.24, 2.45) is 4.99 Å². The van der Waals surface area contributed by atoms with E-state index in [2.05, 4.69) is 0 Å². The largest absolute Gasteiger partial charge is 0.294 e. The van der Waals surface area contributed by atoms with Gasteiger partial charge in [-0.1, -0.05) is 91.0 Å². The van der Waals surface area contributed by atoms with Crippen LogP contribution in [0.3, 0.4) is 0 Å². The normalized spacial score (nSPS) is 13.7. The van der Waals surface area contributed by atoms with Crippen molar-refractivity contribution in [2.45, 2.75) is 0 Å². The lowest BCUT2D eigenvalue weighted by atomic mass is 9.96. The molecule has 26 heavy (non-hydrogen) atoms. The van der Waals surface area contributed by atoms with Crippen LogP contribution < -0.4 is 0 Å². The van der Waals surface area contributed by atoms with Gasteiger partial charge in [0.1, 0.15) is 11.5 Å². The van der Waals surface area contributed by atoms with Gasteiger partial charge in [-0.3, -0.25) is 9.69 Å². The van der Waals surface area contributed by atoms with Gasteiger partial charge >= 0.3 is 0 Å². The standard InChI is InChI=1S/C23H18N2O/c1-25-22(19-15-9-4-10-16-19)24-21(23(25)26)20(17-11-5-2-6-12-17)18-13-7-3-8-14-18/h2-16H,1H3. The minimum absolute atomic E-state index is 0.0911. The minimum Gasteiger partial charge on any atom is -0.294 e. The number of carbonyl (C=O) groups is 1. The summed E-state index contributed by atoms with van der Waals surface area (Å²) in [5.41, 5.74) is 4.22. The first kappa shape index (κ1) is 16.0. The van der Waals surface area contributed by atoms with E-state index < -0.39 is 0 Å². The van der Waals surface area contributed by atoms with E-state index in [-0.39, 0.29) is 5.91 Å². The highest BCUT2D eigenvalue weighted by atomic mass is 16.2. The van der Waals surface area contributed by atoms with Gasteiger partial charge in [0.2, 0.25) is 0 Å². The van der Waals surface area contributed by atoms with E-state index in [4.69, 9.17) is 4.99 Å². The molecule has 0 unspecified atom stereocenters. The molecule has 0 radical (unpaired) electrons. The minimum atomic E-state index is -0.0911. The number of nitrogens with zero attached hydrogens (tertiary/aromatic N) is 2. The van der Waals surface area contributed by atoms with Crippen LogP contribution in [0.1, 0.15) is 16.7 Å². The van der Waals surface area contributed by atoms with Gasteiger partial charge in [-0.05, 0) is 11.1 Å². The van der Waals surface area contributed by atoms with E-state index in [9.17, 15) is 4.79 Å². The van der Waals surface area contributed by atoms with Gasteiger partial charge in [0, 0.05) is 18.2 Å². The van der Waals surface area contributed by atoms with Gasteiger partial charge in [-0.15, -0.1) is 0 Å². The predicted octanol–water partition coefficient (Wildman–Crippen LogP) is 4.36. The zero-order valence-electron chi connectivity index (χ0n) is 14.5. The lowest BCUT2D eigenvalue weighted by molar-refractivity contribution is -0.121. The van der Waals surface area contributed by atoms with Gasteiger partial charge in [-0.2, -0.15) is 0 Å². The fourth-order valence-corrected chi connectivity index (χ4v) is 3.14. The Morgan fingerprint density at radius 3 is 1.69 bits per heavy atom. The van der Waals surface area contributed by atoms with Crippen LogP contribution >= 0.6 is 0 Å². The lowest BCUT2D eigenvalue weighted by Gasteiger charge is -2.13. The molecule has 0 aliphatic carbocycles. The molecule has 0 N–H and O–H groups in total. The van der Waals surface area contributed by atoms with Gasteiger partial charge in [0.15, 0.2) is 0 Å². The molecule has 0 fully saturated rings. The average molecular weight is 338 g/mol. The van der Waals surface area contributed by atoms with Gasteiger partial charge in [0.05, 0.1) is 0 Å². The number of aliphatic imine (C=N–C) groups is 1. The third-order valence-corrected chi connectivity index (χ3v) is 4.44. The first-order valence-corrected chi connectivity index (χ1v) is 8.53. The Bertz CT molecular complexity index is 949. The van der Waals surface area contributed by atoms with Crippen LogP contribution in [0.4, 0.5) is 0 Å². The molecule has 126 valence electrons. The first-order chi connectivity index (χ1) is 12.8. The second kappa shape index (κ2) is 6.81. The van der Waals surface area contributed by atoms with Crippen LogP contribution in [0.15, 0.2) is 102 Å². The van der Waals surface area contributed by atoms with Crippen molar-refractivity contribution in [1.29, 1.82) is 0 Å². The molecule has 0 saturated carbocycles. The number of hydrogen-bond donors (Lipinski definition) is 0. The van der Waals surface area contributed by atoms with Crippen LogP contribution in [0.25, 0.3) is 5.57 Å². The second-order valence-corrected chi connectivity index (χ2v) is 6.12. The average Bonchev–Trinajstić information content (AvgIpc) is 3.00. The third kappa shape index (κ3) is 2.84. The van der Waals surface area contributed by atoms with Crippen molar-refractivity contribution in [2.75, 3.05) is 7.05 Å². The Balaban J connectivity index is 1.95. The molecule has 1 amide bonds. The summed E-state index contributed by atoms with van der Waals surface area (Å²) in [4.78, 5) is 19.4. The monoisotopic (exact) mass is 338 g/mol. The summed E-state index contributed by atoms with van der Waals surface area (Å²) in [6, 6.07) is 29.7. The fourth-order valence-electron chi connectivity index (χ4n) is 3.14. The van der Waals surface area contributed by atoms with Crippen LogP contribution in [-0.4, -0.2) is 23.7 Å². The smallest absolute Gasteiger partial charge is 0.278 e. The predicted molar refractivity (Wildman–Crippen MR) is 105 cm³/mol. The Morgan fingerprint density at radius 1 is 0.731 bits per heavy atom. The van der Waals surface area contributed by atoms with Crippen molar-refractivity contribution >= 4 is 17.3 Å². The maximum absolute atomic E-state index is 13.0. The van der Waals surface area contributed by atoms with E-state index in [1.807, 2.05) is 91.0 Å². The van der Waals surface area contributed by atoms with Crippen molar-refractivity contribution in [3.05, 3.63) is 113 Å². The first-order valence-electron chi connectivity index (χ1n) is 8.53. The highest BCUT2D eigenvalue weighted by Crippen LogP contribution is 2.31. The van der Waals surface area contributed by atoms with E-state index in [0.717, 1.165) is 22.3 Å². The summed E-state index contributed by atoms with van der Waals surface area (Å²) in [5.74, 6) is 0.585. The molecule has 1 heterocycles. The molecule has 3 aromatic rings. The Hall–Kier alpha value is -3.46. The molecule has 4 rings (SSSR count). The van der Waals surface area contributed by atoms with Gasteiger partial charge < -0.3 is 0 Å². The molecule has 0 saturated heterocycles. The van der Waals surface area contributed by atoms with E-state index in [0.29, 0.717) is 11.5 Å². The van der Waals surface area contributed by atoms with Crippen LogP contribution in [0.2, 0.25) is 0 Å². The number of benzene rings is 3. The van der Waals surface area contributed by atoms with Gasteiger partial charge in [-0.25, -0.2) is 4.99 Å². The second-order valence-electron chi connectivity index (χ2n) is 6.12. The van der Waals surface area contributed by atoms with Crippen LogP contribution in [-0.2, 0) is 4.79 Å². The lowest BCUT2D eigenvalue weighted by Crippen LogP contribution is -2.28. The number of amidine groups is 1. The third-order valence-electron chi connectivity index (χ3n) is 4.44. The fraction of sp³-hybridized carbons (Fsp3) is 0.0435. The van der Waals surface area contributed by atoms with Crippen LogP contribution in [0, 0.1) is 0 Å². The highest BCUT2D eigenvalue weighted by molar-refractivity contribution is 6.21. The summed E-state index contributed by atoms with van der Waals surface area (Å²) in [7, 11) is 1.77. The van der Waals surface area contributed by atoms with Crippen molar-refractivity contribution in [3.8, 4) is 0 Å². The van der Waals surface area contributed by atoms with Crippen LogP contribution in [0.5, 0.6) is 0 Å². The summed E-state index contributed by atoms with van der Waals surface area (Å²) in [6.45, 7) is 0. The summed E-state index contributed by atoms with van der Waals surface area (Å²) in [6.07, 6.45) is 0. The topological polar surface area (TPSA) is 32.7 Å². The maximum atomic E-state index is 13.0. The number of likely N-dealkylation sites (N-methyl/N-ethyl adjacent to an activating group) is 1. The van der Waals surface area contributed by atoms with Crippen molar-refractivity contribution in [3.63, 3.8) is 0 Å². The highest BCUT2D eigenvalue weighted by Gasteiger charge is 2.31. The molecule has 0 bridgehead atoms. The van der Waals surface area contributed by atoms with E-state index >= 15 is 0 Å². The number of amides is 1. The number of hydrogen-bond acceptors (Lipinski definition) is 2. The molecule has 3 heteroatoms. The number of rotatable bonds is 3. The van der Waals surface area contributed by atoms with E-state index in [1.165, 1.54) is 0 Å². The molecule has 1 aliphatic heterocycles. The molecule has 0 atom stereocenters. The Labute approximate surface area is 152 Å². The molecular weight excluding hydrogens is 320 g/mol. The SMILES string of the molecule is CN1C(=O)C(=C(c2ccccc2)c2ccccc2)N=C1c1ccccc1. The van der Waals surface area contributed by atoms with E-state index in [1.54, 1.807) is 11.9 Å². The molecule has 1 aliphatic rings. The van der Waals surface area contributed by atoms with Gasteiger partial charge in [0.25, 0.3) is 5.91 Å². The Kier molecular flexibility index (Phi) is 4.20. The molecule has 3 nitrogen and oxygen atoms in total. The number of carbonyl (C=O) groups excluding carboxylic acids is 1. The Morgan fingerprint density at radius 2 is 1.19 bits per heavy atom. The summed E-state index contributed by atoms with van der Waals surface area (Å²) < 4.78 is 0. The maximum Gasteiger partial charge on any atom is 0.278 e. The molecular formula is C23H18N2O. The quantitative estimate of drug-likeness (QED) is 0.653. The molecule has 0 spiro atoms. The van der Waals surface area contributed by atoms with Crippen molar-refractivity contribution < 1.29 is 4.79 Å². The zero-order chi connectivity index (χ0) is 17.9.